The molecule has 0 unspecified atom stereocenters. The molecule has 150 valence electrons. The number of hydrogen-bond acceptors (Lipinski definition) is 6. The minimum Gasteiger partial charge on any atom is -0.493 e. The summed E-state index contributed by atoms with van der Waals surface area (Å²) in [6, 6.07) is 5.08. The molecule has 1 aromatic carbocycles. The number of benzene rings is 1. The third kappa shape index (κ3) is 3.83. The van der Waals surface area contributed by atoms with Gasteiger partial charge in [0.1, 0.15) is 5.00 Å². The average molecular weight is 404 g/mol. The number of nitrogens with two attached hydrogens (primary N) is 1. The maximum Gasteiger partial charge on any atom is 0.260 e. The van der Waals surface area contributed by atoms with E-state index in [1.54, 1.807) is 18.2 Å². The molecule has 8 heteroatoms. The largest absolute Gasteiger partial charge is 0.493 e. The molecule has 1 aliphatic rings. The second-order valence-electron chi connectivity index (χ2n) is 6.59. The number of ether oxygens (including phenoxy) is 2. The number of thiophene rings is 1. The summed E-state index contributed by atoms with van der Waals surface area (Å²) < 4.78 is 10.6. The SMILES string of the molecule is CCCN1CCc2c(sc(NC(=O)c3cccc(OC)c3OC)c2C(N)=O)C1. The van der Waals surface area contributed by atoms with Crippen molar-refractivity contribution in [3.05, 3.63) is 39.8 Å². The van der Waals surface area contributed by atoms with E-state index >= 15 is 0 Å². The van der Waals surface area contributed by atoms with Crippen molar-refractivity contribution in [2.45, 2.75) is 26.3 Å². The number of carbonyl (C=O) groups excluding carboxylic acids is 2. The molecule has 0 radical (unpaired) electrons. The van der Waals surface area contributed by atoms with Crippen molar-refractivity contribution in [1.82, 2.24) is 4.90 Å². The first-order valence-electron chi connectivity index (χ1n) is 9.19. The number of para-hydroxylation sites is 1. The zero-order valence-corrected chi connectivity index (χ0v) is 17.1. The molecule has 2 heterocycles. The lowest BCUT2D eigenvalue weighted by Crippen LogP contribution is -2.31. The first-order chi connectivity index (χ1) is 13.5. The molecular formula is C20H25N3O4S. The Morgan fingerprint density at radius 1 is 1.29 bits per heavy atom. The molecule has 1 aliphatic heterocycles. The van der Waals surface area contributed by atoms with Gasteiger partial charge in [-0.3, -0.25) is 14.5 Å². The summed E-state index contributed by atoms with van der Waals surface area (Å²) in [6.07, 6.45) is 1.82. The quantitative estimate of drug-likeness (QED) is 0.741. The van der Waals surface area contributed by atoms with E-state index in [9.17, 15) is 9.59 Å². The molecule has 2 amide bonds. The number of nitrogens with one attached hydrogen (secondary N) is 1. The van der Waals surface area contributed by atoms with Gasteiger partial charge in [0.2, 0.25) is 0 Å². The zero-order chi connectivity index (χ0) is 20.3. The van der Waals surface area contributed by atoms with Crippen LogP contribution in [0.5, 0.6) is 11.5 Å². The molecule has 0 saturated carbocycles. The highest BCUT2D eigenvalue weighted by Crippen LogP contribution is 2.38. The molecule has 3 N–H and O–H groups in total. The third-order valence-electron chi connectivity index (χ3n) is 4.80. The number of primary amides is 1. The van der Waals surface area contributed by atoms with Gasteiger partial charge in [-0.1, -0.05) is 13.0 Å². The van der Waals surface area contributed by atoms with Crippen molar-refractivity contribution in [2.75, 3.05) is 32.6 Å². The molecular weight excluding hydrogens is 378 g/mol. The Bertz CT molecular complexity index is 894. The van der Waals surface area contributed by atoms with Crippen LogP contribution < -0.4 is 20.5 Å². The predicted molar refractivity (Wildman–Crippen MR) is 110 cm³/mol. The second-order valence-corrected chi connectivity index (χ2v) is 7.70. The Morgan fingerprint density at radius 2 is 2.07 bits per heavy atom. The normalized spacial score (nSPS) is 13.7. The van der Waals surface area contributed by atoms with Gasteiger partial charge in [0.25, 0.3) is 11.8 Å². The Balaban J connectivity index is 1.93. The molecule has 0 aliphatic carbocycles. The van der Waals surface area contributed by atoms with Crippen LogP contribution in [0.3, 0.4) is 0 Å². The highest BCUT2D eigenvalue weighted by Gasteiger charge is 2.28. The number of carbonyl (C=O) groups is 2. The maximum absolute atomic E-state index is 12.9. The van der Waals surface area contributed by atoms with Crippen LogP contribution in [-0.4, -0.2) is 44.0 Å². The zero-order valence-electron chi connectivity index (χ0n) is 16.3. The number of rotatable bonds is 7. The summed E-state index contributed by atoms with van der Waals surface area (Å²) >= 11 is 1.42. The standard InChI is InChI=1S/C20H25N3O4S/c1-4-9-23-10-8-12-15(11-23)28-20(16(12)18(21)24)22-19(25)13-6-5-7-14(26-2)17(13)27-3/h5-7H,4,8-11H2,1-3H3,(H2,21,24)(H,22,25). The smallest absolute Gasteiger partial charge is 0.260 e. The van der Waals surface area contributed by atoms with Crippen LogP contribution in [-0.2, 0) is 13.0 Å². The van der Waals surface area contributed by atoms with E-state index in [1.807, 2.05) is 0 Å². The molecule has 7 nitrogen and oxygen atoms in total. The monoisotopic (exact) mass is 403 g/mol. The van der Waals surface area contributed by atoms with Crippen LogP contribution in [0.1, 0.15) is 44.5 Å². The number of nitrogens with zero attached hydrogens (tertiary/aromatic N) is 1. The fraction of sp³-hybridized carbons (Fsp3) is 0.400. The number of hydrogen-bond donors (Lipinski definition) is 2. The topological polar surface area (TPSA) is 93.9 Å². The molecule has 0 bridgehead atoms. The minimum atomic E-state index is -0.519. The highest BCUT2D eigenvalue weighted by molar-refractivity contribution is 7.17. The van der Waals surface area contributed by atoms with Gasteiger partial charge < -0.3 is 20.5 Å². The average Bonchev–Trinajstić information content (AvgIpc) is 3.04. The van der Waals surface area contributed by atoms with Gasteiger partial charge in [-0.2, -0.15) is 0 Å². The first kappa shape index (κ1) is 20.2. The van der Waals surface area contributed by atoms with E-state index in [4.69, 9.17) is 15.2 Å². The second kappa shape index (κ2) is 8.62. The van der Waals surface area contributed by atoms with Gasteiger partial charge in [-0.05, 0) is 37.1 Å². The lowest BCUT2D eigenvalue weighted by molar-refractivity contribution is 0.1000. The fourth-order valence-electron chi connectivity index (χ4n) is 3.55. The molecule has 28 heavy (non-hydrogen) atoms. The van der Waals surface area contributed by atoms with Crippen molar-refractivity contribution in [3.63, 3.8) is 0 Å². The van der Waals surface area contributed by atoms with Crippen LogP contribution in [0.4, 0.5) is 5.00 Å². The van der Waals surface area contributed by atoms with Crippen molar-refractivity contribution in [1.29, 1.82) is 0 Å². The molecule has 0 spiro atoms. The van der Waals surface area contributed by atoms with Crippen LogP contribution in [0.2, 0.25) is 0 Å². The number of amides is 2. The lowest BCUT2D eigenvalue weighted by atomic mass is 10.0. The first-order valence-corrected chi connectivity index (χ1v) is 10.0. The Labute approximate surface area is 168 Å². The predicted octanol–water partition coefficient (Wildman–Crippen LogP) is 2.88. The Morgan fingerprint density at radius 3 is 2.71 bits per heavy atom. The number of anilines is 1. The number of fused-ring (bicyclic) bond motifs is 1. The van der Waals surface area contributed by atoms with Crippen molar-refractivity contribution >= 4 is 28.2 Å². The summed E-state index contributed by atoms with van der Waals surface area (Å²) in [7, 11) is 3.00. The van der Waals surface area contributed by atoms with Gasteiger partial charge in [-0.15, -0.1) is 11.3 Å². The third-order valence-corrected chi connectivity index (χ3v) is 5.93. The van der Waals surface area contributed by atoms with E-state index in [1.165, 1.54) is 25.6 Å². The van der Waals surface area contributed by atoms with Gasteiger partial charge in [0.15, 0.2) is 11.5 Å². The van der Waals surface area contributed by atoms with Crippen LogP contribution in [0, 0.1) is 0 Å². The maximum atomic E-state index is 12.9. The van der Waals surface area contributed by atoms with Gasteiger partial charge >= 0.3 is 0 Å². The van der Waals surface area contributed by atoms with E-state index < -0.39 is 5.91 Å². The van der Waals surface area contributed by atoms with Crippen molar-refractivity contribution < 1.29 is 19.1 Å². The van der Waals surface area contributed by atoms with Gasteiger partial charge in [0, 0.05) is 18.0 Å². The minimum absolute atomic E-state index is 0.330. The summed E-state index contributed by atoms with van der Waals surface area (Å²) in [4.78, 5) is 28.5. The molecule has 0 fully saturated rings. The summed E-state index contributed by atoms with van der Waals surface area (Å²) in [5.41, 5.74) is 7.36. The summed E-state index contributed by atoms with van der Waals surface area (Å²) in [5.74, 6) is -0.0823. The van der Waals surface area contributed by atoms with E-state index in [0.29, 0.717) is 27.6 Å². The van der Waals surface area contributed by atoms with Crippen molar-refractivity contribution in [3.8, 4) is 11.5 Å². The Hall–Kier alpha value is -2.58. The molecule has 1 aromatic heterocycles. The Kier molecular flexibility index (Phi) is 6.21. The summed E-state index contributed by atoms with van der Waals surface area (Å²) in [5, 5.41) is 3.35. The van der Waals surface area contributed by atoms with Gasteiger partial charge in [0.05, 0.1) is 25.3 Å². The van der Waals surface area contributed by atoms with Crippen LogP contribution in [0.15, 0.2) is 18.2 Å². The highest BCUT2D eigenvalue weighted by atomic mass is 32.1. The molecule has 3 rings (SSSR count). The van der Waals surface area contributed by atoms with Crippen LogP contribution >= 0.6 is 11.3 Å². The van der Waals surface area contributed by atoms with E-state index in [2.05, 4.69) is 17.1 Å². The lowest BCUT2D eigenvalue weighted by Gasteiger charge is -2.26. The van der Waals surface area contributed by atoms with E-state index in [0.717, 1.165) is 42.9 Å². The molecule has 2 aromatic rings. The summed E-state index contributed by atoms with van der Waals surface area (Å²) in [6.45, 7) is 4.80. The van der Waals surface area contributed by atoms with Crippen LogP contribution in [0.25, 0.3) is 0 Å². The molecule has 0 saturated heterocycles. The number of methoxy groups -OCH3 is 2. The van der Waals surface area contributed by atoms with Gasteiger partial charge in [-0.25, -0.2) is 0 Å². The van der Waals surface area contributed by atoms with E-state index in [-0.39, 0.29) is 5.91 Å². The molecule has 0 atom stereocenters. The van der Waals surface area contributed by atoms with Crippen molar-refractivity contribution in [2.24, 2.45) is 5.73 Å². The fourth-order valence-corrected chi connectivity index (χ4v) is 4.84.